The highest BCUT2D eigenvalue weighted by Gasteiger charge is 2.13. The maximum atomic E-state index is 11.2. The van der Waals surface area contributed by atoms with E-state index in [0.717, 1.165) is 18.5 Å². The van der Waals surface area contributed by atoms with Crippen molar-refractivity contribution in [3.8, 4) is 0 Å². The zero-order valence-corrected chi connectivity index (χ0v) is 10.8. The lowest BCUT2D eigenvalue weighted by atomic mass is 10.1. The van der Waals surface area contributed by atoms with E-state index < -0.39 is 9.84 Å². The molecule has 6 heteroatoms. The Morgan fingerprint density at radius 3 is 2.69 bits per heavy atom. The molecule has 1 rings (SSSR count). The molecule has 0 amide bonds. The van der Waals surface area contributed by atoms with Gasteiger partial charge in [-0.1, -0.05) is 0 Å². The topological polar surface area (TPSA) is 64.0 Å². The molecule has 1 aromatic rings. The highest BCUT2D eigenvalue weighted by atomic mass is 32.2. The molecule has 0 fully saturated rings. The van der Waals surface area contributed by atoms with Crippen molar-refractivity contribution in [2.45, 2.75) is 18.9 Å². The Morgan fingerprint density at radius 1 is 1.56 bits per heavy atom. The highest BCUT2D eigenvalue weighted by Crippen LogP contribution is 2.05. The lowest BCUT2D eigenvalue weighted by molar-refractivity contribution is 0.535. The molecule has 0 saturated carbocycles. The average Bonchev–Trinajstić information content (AvgIpc) is 2.57. The summed E-state index contributed by atoms with van der Waals surface area (Å²) in [7, 11) is 0.758. The van der Waals surface area contributed by atoms with E-state index in [1.54, 1.807) is 13.2 Å². The summed E-state index contributed by atoms with van der Waals surface area (Å²) >= 11 is 0. The van der Waals surface area contributed by atoms with Crippen LogP contribution in [-0.4, -0.2) is 43.3 Å². The molecule has 0 saturated heterocycles. The van der Waals surface area contributed by atoms with Crippen LogP contribution < -0.4 is 5.32 Å². The van der Waals surface area contributed by atoms with Gasteiger partial charge >= 0.3 is 0 Å². The molecule has 0 radical (unpaired) electrons. The first-order valence-electron chi connectivity index (χ1n) is 5.24. The minimum absolute atomic E-state index is 0.00454. The summed E-state index contributed by atoms with van der Waals surface area (Å²) in [5.74, 6) is 0.182. The van der Waals surface area contributed by atoms with E-state index in [2.05, 4.69) is 10.4 Å². The third kappa shape index (κ3) is 4.32. The summed E-state index contributed by atoms with van der Waals surface area (Å²) in [5.41, 5.74) is 1.12. The van der Waals surface area contributed by atoms with Crippen LogP contribution in [0, 0.1) is 0 Å². The second-order valence-corrected chi connectivity index (χ2v) is 6.25. The Kier molecular flexibility index (Phi) is 4.49. The molecule has 1 aromatic heterocycles. The first kappa shape index (κ1) is 13.2. The van der Waals surface area contributed by atoms with E-state index in [4.69, 9.17) is 0 Å². The minimum Gasteiger partial charge on any atom is -0.316 e. The Labute approximate surface area is 96.8 Å². The number of nitrogens with zero attached hydrogens (tertiary/aromatic N) is 2. The number of rotatable bonds is 6. The Morgan fingerprint density at radius 2 is 2.25 bits per heavy atom. The Balaban J connectivity index is 2.49. The van der Waals surface area contributed by atoms with E-state index >= 15 is 0 Å². The molecule has 92 valence electrons. The van der Waals surface area contributed by atoms with Crippen LogP contribution in [0.15, 0.2) is 12.3 Å². The van der Waals surface area contributed by atoms with Gasteiger partial charge in [0, 0.05) is 31.2 Å². The van der Waals surface area contributed by atoms with Crippen LogP contribution in [0.5, 0.6) is 0 Å². The van der Waals surface area contributed by atoms with E-state index in [1.165, 1.54) is 6.26 Å². The monoisotopic (exact) mass is 245 g/mol. The molecule has 0 bridgehead atoms. The predicted octanol–water partition coefficient (Wildman–Crippen LogP) is -0.0147. The third-order valence-corrected chi connectivity index (χ3v) is 3.59. The van der Waals surface area contributed by atoms with Gasteiger partial charge in [-0.25, -0.2) is 8.42 Å². The second kappa shape index (κ2) is 5.45. The maximum absolute atomic E-state index is 11.2. The van der Waals surface area contributed by atoms with Crippen LogP contribution in [0.25, 0.3) is 0 Å². The standard InChI is InChI=1S/C10H19N3O2S/c1-11-9(8-16(3,14)15)4-5-10-6-7-12-13(10)2/h6-7,9,11H,4-5,8H2,1-3H3. The summed E-state index contributed by atoms with van der Waals surface area (Å²) in [5, 5.41) is 7.10. The van der Waals surface area contributed by atoms with Crippen LogP contribution in [0.3, 0.4) is 0 Å². The van der Waals surface area contributed by atoms with Gasteiger partial charge in [-0.15, -0.1) is 0 Å². The van der Waals surface area contributed by atoms with Gasteiger partial charge in [0.2, 0.25) is 0 Å². The molecule has 1 atom stereocenters. The van der Waals surface area contributed by atoms with Crippen molar-refractivity contribution in [3.05, 3.63) is 18.0 Å². The summed E-state index contributed by atoms with van der Waals surface area (Å²) in [6, 6.07) is 1.96. The van der Waals surface area contributed by atoms with E-state index in [9.17, 15) is 8.42 Å². The van der Waals surface area contributed by atoms with Crippen LogP contribution in [0.1, 0.15) is 12.1 Å². The molecule has 5 nitrogen and oxygen atoms in total. The summed E-state index contributed by atoms with van der Waals surface area (Å²) < 4.78 is 24.2. The maximum Gasteiger partial charge on any atom is 0.148 e. The van der Waals surface area contributed by atoms with Crippen LogP contribution in [-0.2, 0) is 23.3 Å². The molecule has 16 heavy (non-hydrogen) atoms. The fourth-order valence-electron chi connectivity index (χ4n) is 1.65. The number of aryl methyl sites for hydroxylation is 2. The molecule has 1 heterocycles. The summed E-state index contributed by atoms with van der Waals surface area (Å²) in [6.45, 7) is 0. The molecular weight excluding hydrogens is 226 g/mol. The number of hydrogen-bond donors (Lipinski definition) is 1. The molecule has 1 unspecified atom stereocenters. The lowest BCUT2D eigenvalue weighted by Gasteiger charge is -2.14. The third-order valence-electron chi connectivity index (χ3n) is 2.58. The normalized spacial score (nSPS) is 13.9. The number of aromatic nitrogens is 2. The summed E-state index contributed by atoms with van der Waals surface area (Å²) in [6.07, 6.45) is 4.64. The fourth-order valence-corrected chi connectivity index (χ4v) is 2.71. The van der Waals surface area contributed by atoms with E-state index in [-0.39, 0.29) is 11.8 Å². The number of hydrogen-bond acceptors (Lipinski definition) is 4. The van der Waals surface area contributed by atoms with Crippen LogP contribution in [0.2, 0.25) is 0 Å². The van der Waals surface area contributed by atoms with Gasteiger partial charge in [0.15, 0.2) is 0 Å². The van der Waals surface area contributed by atoms with Gasteiger partial charge in [0.25, 0.3) is 0 Å². The van der Waals surface area contributed by atoms with Crippen molar-refractivity contribution in [1.82, 2.24) is 15.1 Å². The van der Waals surface area contributed by atoms with Crippen molar-refractivity contribution < 1.29 is 8.42 Å². The molecule has 0 aliphatic rings. The van der Waals surface area contributed by atoms with Gasteiger partial charge in [-0.2, -0.15) is 5.10 Å². The number of sulfone groups is 1. The molecule has 0 aromatic carbocycles. The van der Waals surface area contributed by atoms with Crippen molar-refractivity contribution in [2.24, 2.45) is 7.05 Å². The molecule has 0 spiro atoms. The fraction of sp³-hybridized carbons (Fsp3) is 0.700. The van der Waals surface area contributed by atoms with Crippen LogP contribution in [0.4, 0.5) is 0 Å². The Hall–Kier alpha value is -0.880. The molecule has 1 N–H and O–H groups in total. The quantitative estimate of drug-likeness (QED) is 0.765. The second-order valence-electron chi connectivity index (χ2n) is 4.06. The largest absolute Gasteiger partial charge is 0.316 e. The van der Waals surface area contributed by atoms with Gasteiger partial charge in [0.1, 0.15) is 9.84 Å². The van der Waals surface area contributed by atoms with Gasteiger partial charge < -0.3 is 5.32 Å². The van der Waals surface area contributed by atoms with E-state index in [0.29, 0.717) is 0 Å². The van der Waals surface area contributed by atoms with E-state index in [1.807, 2.05) is 17.8 Å². The average molecular weight is 245 g/mol. The van der Waals surface area contributed by atoms with Crippen LogP contribution >= 0.6 is 0 Å². The zero-order chi connectivity index (χ0) is 12.2. The van der Waals surface area contributed by atoms with Gasteiger partial charge in [-0.05, 0) is 26.0 Å². The molecule has 0 aliphatic carbocycles. The Bertz CT molecular complexity index is 425. The van der Waals surface area contributed by atoms with Crippen molar-refractivity contribution in [1.29, 1.82) is 0 Å². The SMILES string of the molecule is CNC(CCc1ccnn1C)CS(C)(=O)=O. The molecule has 0 aliphatic heterocycles. The predicted molar refractivity (Wildman–Crippen MR) is 64.1 cm³/mol. The highest BCUT2D eigenvalue weighted by molar-refractivity contribution is 7.90. The minimum atomic E-state index is -2.92. The summed E-state index contributed by atoms with van der Waals surface area (Å²) in [4.78, 5) is 0. The van der Waals surface area contributed by atoms with Gasteiger partial charge in [-0.3, -0.25) is 4.68 Å². The smallest absolute Gasteiger partial charge is 0.148 e. The van der Waals surface area contributed by atoms with Crippen molar-refractivity contribution in [3.63, 3.8) is 0 Å². The van der Waals surface area contributed by atoms with Crippen molar-refractivity contribution >= 4 is 9.84 Å². The zero-order valence-electron chi connectivity index (χ0n) is 9.97. The molecular formula is C10H19N3O2S. The first-order chi connectivity index (χ1) is 7.42. The lowest BCUT2D eigenvalue weighted by Crippen LogP contribution is -2.33. The first-order valence-corrected chi connectivity index (χ1v) is 7.30. The van der Waals surface area contributed by atoms with Crippen molar-refractivity contribution in [2.75, 3.05) is 19.1 Å². The van der Waals surface area contributed by atoms with Gasteiger partial charge in [0.05, 0.1) is 5.75 Å². The number of nitrogens with one attached hydrogen (secondary N) is 1.